The van der Waals surface area contributed by atoms with Crippen molar-refractivity contribution in [1.29, 1.82) is 0 Å². The van der Waals surface area contributed by atoms with Crippen LogP contribution in [0.4, 0.5) is 5.69 Å². The van der Waals surface area contributed by atoms with Crippen LogP contribution in [0.5, 0.6) is 0 Å². The van der Waals surface area contributed by atoms with Crippen LogP contribution in [0.1, 0.15) is 24.8 Å². The van der Waals surface area contributed by atoms with Gasteiger partial charge in [-0.1, -0.05) is 48.5 Å². The van der Waals surface area contributed by atoms with E-state index >= 15 is 0 Å². The topological polar surface area (TPSA) is 58.4 Å². The van der Waals surface area contributed by atoms with Crippen molar-refractivity contribution >= 4 is 17.5 Å². The van der Waals surface area contributed by atoms with Crippen LogP contribution in [0.25, 0.3) is 0 Å². The SMILES string of the molecule is O=C1C[C@H]([NH2+]C2CC[NH+](Cc3ccccc3)CC2)C(=O)N1c1ccccc1. The van der Waals surface area contributed by atoms with Crippen molar-refractivity contribution in [3.05, 3.63) is 66.2 Å². The molecule has 0 aromatic heterocycles. The summed E-state index contributed by atoms with van der Waals surface area (Å²) in [5, 5.41) is 2.16. The van der Waals surface area contributed by atoms with E-state index in [9.17, 15) is 9.59 Å². The van der Waals surface area contributed by atoms with Crippen molar-refractivity contribution in [1.82, 2.24) is 0 Å². The molecule has 2 fully saturated rings. The first-order valence-electron chi connectivity index (χ1n) is 9.85. The average Bonchev–Trinajstić information content (AvgIpc) is 2.98. The molecule has 0 saturated carbocycles. The third-order valence-corrected chi connectivity index (χ3v) is 5.73. The summed E-state index contributed by atoms with van der Waals surface area (Å²) in [5.74, 6) is -0.148. The summed E-state index contributed by atoms with van der Waals surface area (Å²) >= 11 is 0. The predicted octanol–water partition coefficient (Wildman–Crippen LogP) is 0.129. The highest BCUT2D eigenvalue weighted by molar-refractivity contribution is 6.21. The summed E-state index contributed by atoms with van der Waals surface area (Å²) in [6, 6.07) is 20.0. The number of carbonyl (C=O) groups is 2. The Balaban J connectivity index is 1.30. The van der Waals surface area contributed by atoms with E-state index in [1.54, 1.807) is 4.90 Å². The fourth-order valence-electron chi connectivity index (χ4n) is 4.28. The first-order valence-corrected chi connectivity index (χ1v) is 9.85. The number of piperidine rings is 1. The van der Waals surface area contributed by atoms with Gasteiger partial charge in [-0.15, -0.1) is 0 Å². The number of nitrogens with zero attached hydrogens (tertiary/aromatic N) is 1. The van der Waals surface area contributed by atoms with Crippen LogP contribution in [0.2, 0.25) is 0 Å². The van der Waals surface area contributed by atoms with Crippen molar-refractivity contribution in [3.8, 4) is 0 Å². The lowest BCUT2D eigenvalue weighted by Gasteiger charge is -2.29. The van der Waals surface area contributed by atoms with E-state index in [1.165, 1.54) is 10.5 Å². The molecular formula is C22H27N3O2+2. The maximum atomic E-state index is 12.8. The lowest BCUT2D eigenvalue weighted by Crippen LogP contribution is -3.14. The average molecular weight is 365 g/mol. The molecule has 0 unspecified atom stereocenters. The van der Waals surface area contributed by atoms with E-state index in [0.717, 1.165) is 32.5 Å². The van der Waals surface area contributed by atoms with Crippen molar-refractivity contribution in [2.75, 3.05) is 18.0 Å². The Morgan fingerprint density at radius 1 is 0.926 bits per heavy atom. The van der Waals surface area contributed by atoms with Gasteiger partial charge in [0, 0.05) is 18.4 Å². The second-order valence-electron chi connectivity index (χ2n) is 7.66. The lowest BCUT2D eigenvalue weighted by molar-refractivity contribution is -0.926. The zero-order valence-corrected chi connectivity index (χ0v) is 15.5. The molecule has 2 saturated heterocycles. The molecule has 1 atom stereocenters. The second-order valence-corrected chi connectivity index (χ2v) is 7.66. The Kier molecular flexibility index (Phi) is 5.32. The summed E-state index contributed by atoms with van der Waals surface area (Å²) in [4.78, 5) is 28.1. The zero-order valence-electron chi connectivity index (χ0n) is 15.5. The molecule has 0 radical (unpaired) electrons. The molecule has 5 nitrogen and oxygen atoms in total. The van der Waals surface area contributed by atoms with E-state index in [2.05, 4.69) is 35.6 Å². The molecule has 2 aliphatic rings. The number of hydrogen-bond acceptors (Lipinski definition) is 2. The fourth-order valence-corrected chi connectivity index (χ4v) is 4.28. The van der Waals surface area contributed by atoms with Gasteiger partial charge in [-0.3, -0.25) is 9.59 Å². The van der Waals surface area contributed by atoms with Crippen molar-refractivity contribution in [2.45, 2.75) is 37.9 Å². The van der Waals surface area contributed by atoms with E-state index in [4.69, 9.17) is 0 Å². The van der Waals surface area contributed by atoms with Crippen LogP contribution >= 0.6 is 0 Å². The molecule has 2 aliphatic heterocycles. The maximum absolute atomic E-state index is 12.8. The van der Waals surface area contributed by atoms with Crippen LogP contribution in [-0.2, 0) is 16.1 Å². The molecule has 2 aromatic rings. The minimum Gasteiger partial charge on any atom is -0.333 e. The number of nitrogens with one attached hydrogen (secondary N) is 1. The first kappa shape index (κ1) is 17.9. The number of amides is 2. The van der Waals surface area contributed by atoms with Crippen molar-refractivity contribution < 1.29 is 19.8 Å². The number of anilines is 1. The Bertz CT molecular complexity index is 786. The normalized spacial score (nSPS) is 25.8. The maximum Gasteiger partial charge on any atom is 0.292 e. The summed E-state index contributed by atoms with van der Waals surface area (Å²) in [5.41, 5.74) is 2.07. The minimum absolute atomic E-state index is 0.0646. The van der Waals surface area contributed by atoms with E-state index in [1.807, 2.05) is 30.3 Å². The van der Waals surface area contributed by atoms with Crippen LogP contribution < -0.4 is 15.1 Å². The van der Waals surface area contributed by atoms with Crippen LogP contribution in [0.3, 0.4) is 0 Å². The number of nitrogens with two attached hydrogens (primary N) is 1. The Morgan fingerprint density at radius 2 is 1.56 bits per heavy atom. The second kappa shape index (κ2) is 8.03. The molecule has 0 bridgehead atoms. The number of benzene rings is 2. The standard InChI is InChI=1S/C22H25N3O2/c26-21-15-20(22(27)25(21)19-9-5-2-6-10-19)23-18-11-13-24(14-12-18)16-17-7-3-1-4-8-17/h1-10,18,20,23H,11-16H2/p+2/t20-/m0/s1. The molecule has 0 aliphatic carbocycles. The smallest absolute Gasteiger partial charge is 0.292 e. The number of quaternary nitrogens is 2. The van der Waals surface area contributed by atoms with Gasteiger partial charge in [0.1, 0.15) is 6.54 Å². The molecule has 3 N–H and O–H groups in total. The molecule has 0 spiro atoms. The third kappa shape index (κ3) is 4.10. The number of rotatable bonds is 5. The number of para-hydroxylation sites is 1. The van der Waals surface area contributed by atoms with Gasteiger partial charge in [0.15, 0.2) is 6.04 Å². The highest BCUT2D eigenvalue weighted by Crippen LogP contribution is 2.21. The predicted molar refractivity (Wildman–Crippen MR) is 103 cm³/mol. The number of hydrogen-bond donors (Lipinski definition) is 2. The monoisotopic (exact) mass is 365 g/mol. The molecule has 5 heteroatoms. The number of carbonyl (C=O) groups excluding carboxylic acids is 2. The van der Waals surface area contributed by atoms with E-state index < -0.39 is 0 Å². The van der Waals surface area contributed by atoms with Crippen LogP contribution in [0.15, 0.2) is 60.7 Å². The summed E-state index contributed by atoms with van der Waals surface area (Å²) < 4.78 is 0. The van der Waals surface area contributed by atoms with Gasteiger partial charge in [0.25, 0.3) is 5.91 Å². The number of likely N-dealkylation sites (tertiary alicyclic amines) is 1. The Morgan fingerprint density at radius 3 is 2.22 bits per heavy atom. The van der Waals surface area contributed by atoms with Crippen LogP contribution in [-0.4, -0.2) is 37.0 Å². The van der Waals surface area contributed by atoms with Gasteiger partial charge >= 0.3 is 0 Å². The molecule has 4 rings (SSSR count). The van der Waals surface area contributed by atoms with Gasteiger partial charge in [-0.25, -0.2) is 4.90 Å². The summed E-state index contributed by atoms with van der Waals surface area (Å²) in [6.07, 6.45) is 2.49. The highest BCUT2D eigenvalue weighted by Gasteiger charge is 2.43. The third-order valence-electron chi connectivity index (χ3n) is 5.73. The molecular weight excluding hydrogens is 338 g/mol. The largest absolute Gasteiger partial charge is 0.333 e. The zero-order chi connectivity index (χ0) is 18.6. The number of imide groups is 1. The first-order chi connectivity index (χ1) is 13.2. The molecule has 140 valence electrons. The Labute approximate surface area is 160 Å². The van der Waals surface area contributed by atoms with Gasteiger partial charge in [0.2, 0.25) is 5.91 Å². The summed E-state index contributed by atoms with van der Waals surface area (Å²) in [7, 11) is 0. The van der Waals surface area contributed by atoms with Crippen LogP contribution in [0, 0.1) is 0 Å². The highest BCUT2D eigenvalue weighted by atomic mass is 16.2. The quantitative estimate of drug-likeness (QED) is 0.740. The molecule has 2 aromatic carbocycles. The molecule has 2 amide bonds. The van der Waals surface area contributed by atoms with E-state index in [0.29, 0.717) is 18.2 Å². The van der Waals surface area contributed by atoms with Gasteiger partial charge < -0.3 is 10.2 Å². The van der Waals surface area contributed by atoms with Crippen molar-refractivity contribution in [3.63, 3.8) is 0 Å². The van der Waals surface area contributed by atoms with Gasteiger partial charge in [-0.05, 0) is 12.1 Å². The van der Waals surface area contributed by atoms with E-state index in [-0.39, 0.29) is 17.9 Å². The minimum atomic E-state index is -0.265. The molecule has 2 heterocycles. The van der Waals surface area contributed by atoms with Crippen molar-refractivity contribution in [2.24, 2.45) is 0 Å². The summed E-state index contributed by atoms with van der Waals surface area (Å²) in [6.45, 7) is 3.30. The Hall–Kier alpha value is -2.50. The van der Waals surface area contributed by atoms with Gasteiger partial charge in [0.05, 0.1) is 31.2 Å². The molecule has 27 heavy (non-hydrogen) atoms. The lowest BCUT2D eigenvalue weighted by atomic mass is 10.0. The van der Waals surface area contributed by atoms with Gasteiger partial charge in [-0.2, -0.15) is 0 Å². The fraction of sp³-hybridized carbons (Fsp3) is 0.364.